The first kappa shape index (κ1) is 24.7. The summed E-state index contributed by atoms with van der Waals surface area (Å²) in [6, 6.07) is 0. The highest BCUT2D eigenvalue weighted by Gasteiger charge is 2.47. The van der Waals surface area contributed by atoms with Crippen LogP contribution < -0.4 is 0 Å². The van der Waals surface area contributed by atoms with Gasteiger partial charge in [0.2, 0.25) is 0 Å². The molecule has 3 saturated carbocycles. The van der Waals surface area contributed by atoms with Gasteiger partial charge in [-0.1, -0.05) is 31.1 Å². The van der Waals surface area contributed by atoms with Gasteiger partial charge < -0.3 is 14.2 Å². The van der Waals surface area contributed by atoms with Crippen LogP contribution in [-0.4, -0.2) is 37.9 Å². The number of methoxy groups -OCH3 is 1. The van der Waals surface area contributed by atoms with Crippen molar-refractivity contribution in [3.8, 4) is 0 Å². The molecule has 4 fully saturated rings. The van der Waals surface area contributed by atoms with Gasteiger partial charge in [-0.05, 0) is 88.0 Å². The van der Waals surface area contributed by atoms with Crippen molar-refractivity contribution in [2.45, 2.75) is 96.4 Å². The third-order valence-corrected chi connectivity index (χ3v) is 8.49. The Hall–Kier alpha value is -1.46. The molecule has 1 saturated heterocycles. The van der Waals surface area contributed by atoms with Crippen LogP contribution in [0.3, 0.4) is 0 Å². The third-order valence-electron chi connectivity index (χ3n) is 8.49. The van der Waals surface area contributed by atoms with Crippen molar-refractivity contribution < 1.29 is 23.8 Å². The number of fused-ring (bicyclic) bond motifs is 1. The fourth-order valence-corrected chi connectivity index (χ4v) is 6.37. The Balaban J connectivity index is 1.36. The van der Waals surface area contributed by atoms with Crippen LogP contribution in [0.2, 0.25) is 0 Å². The van der Waals surface area contributed by atoms with Gasteiger partial charge in [0.05, 0.1) is 13.2 Å². The Morgan fingerprint density at radius 1 is 1.15 bits per heavy atom. The minimum atomic E-state index is -0.131. The third kappa shape index (κ3) is 6.36. The molecule has 1 aliphatic heterocycles. The molecular formula is C28H42O5. The number of rotatable bonds is 10. The standard InChI is InChI=1S/C28H42O5/c1-3-19-14-22(15-19)25(29)12-11-23-24-17-20(8-4-5-9-27(30)31-2)16-21(24)18-26(23)33-28-10-6-7-13-32-28/h8,11-12,19,21-24,26,28H,3-7,9-10,13-18H2,1-2H3/t19?,21-,22?,23-,24+,26-,28?/m1/s1. The lowest BCUT2D eigenvalue weighted by Gasteiger charge is -2.33. The van der Waals surface area contributed by atoms with Crippen LogP contribution in [0, 0.1) is 29.6 Å². The van der Waals surface area contributed by atoms with E-state index < -0.39 is 0 Å². The van der Waals surface area contributed by atoms with E-state index in [1.165, 1.54) is 25.5 Å². The van der Waals surface area contributed by atoms with Crippen LogP contribution in [0.1, 0.15) is 84.0 Å². The van der Waals surface area contributed by atoms with Gasteiger partial charge in [0.25, 0.3) is 0 Å². The molecule has 184 valence electrons. The second kappa shape index (κ2) is 11.8. The fourth-order valence-electron chi connectivity index (χ4n) is 6.37. The fraction of sp³-hybridized carbons (Fsp3) is 0.786. The lowest BCUT2D eigenvalue weighted by Crippen LogP contribution is -2.31. The summed E-state index contributed by atoms with van der Waals surface area (Å²) in [6.07, 6.45) is 18.6. The van der Waals surface area contributed by atoms with Gasteiger partial charge in [0.1, 0.15) is 0 Å². The molecular weight excluding hydrogens is 416 g/mol. The number of unbranched alkanes of at least 4 members (excludes halogenated alkanes) is 1. The predicted octanol–water partition coefficient (Wildman–Crippen LogP) is 5.78. The molecule has 0 amide bonds. The molecule has 0 spiro atoms. The largest absolute Gasteiger partial charge is 0.469 e. The zero-order chi connectivity index (χ0) is 23.2. The van der Waals surface area contributed by atoms with Crippen LogP contribution in [0.25, 0.3) is 0 Å². The van der Waals surface area contributed by atoms with Gasteiger partial charge in [-0.2, -0.15) is 0 Å². The topological polar surface area (TPSA) is 61.8 Å². The van der Waals surface area contributed by atoms with Crippen LogP contribution >= 0.6 is 0 Å². The summed E-state index contributed by atoms with van der Waals surface area (Å²) in [5, 5.41) is 0. The van der Waals surface area contributed by atoms with Gasteiger partial charge in [0.15, 0.2) is 12.1 Å². The molecule has 1 heterocycles. The lowest BCUT2D eigenvalue weighted by atomic mass is 9.71. The maximum Gasteiger partial charge on any atom is 0.305 e. The van der Waals surface area contributed by atoms with Crippen LogP contribution in [0.4, 0.5) is 0 Å². The first-order chi connectivity index (χ1) is 16.1. The van der Waals surface area contributed by atoms with E-state index >= 15 is 0 Å². The Morgan fingerprint density at radius 2 is 2.00 bits per heavy atom. The lowest BCUT2D eigenvalue weighted by molar-refractivity contribution is -0.193. The van der Waals surface area contributed by atoms with E-state index in [4.69, 9.17) is 14.2 Å². The second-order valence-electron chi connectivity index (χ2n) is 10.7. The SMILES string of the molecule is CCC1CC(C(=O)C=C[C@@H]2[C@H]3CC(=CCCCC(=O)OC)C[C@@H]3C[C@H]2OC2CCCCO2)C1. The summed E-state index contributed by atoms with van der Waals surface area (Å²) in [6.45, 7) is 3.01. The summed E-state index contributed by atoms with van der Waals surface area (Å²) in [4.78, 5) is 24.1. The van der Waals surface area contributed by atoms with E-state index in [0.29, 0.717) is 24.0 Å². The average molecular weight is 459 g/mol. The van der Waals surface area contributed by atoms with E-state index in [2.05, 4.69) is 19.1 Å². The Bertz CT molecular complexity index is 729. The summed E-state index contributed by atoms with van der Waals surface area (Å²) in [5.41, 5.74) is 1.51. The molecule has 0 aromatic heterocycles. The van der Waals surface area contributed by atoms with Gasteiger partial charge in [-0.25, -0.2) is 0 Å². The Labute approximate surface area is 199 Å². The minimum absolute atomic E-state index is 0.0838. The number of allylic oxidation sites excluding steroid dienone is 3. The molecule has 33 heavy (non-hydrogen) atoms. The molecule has 0 radical (unpaired) electrons. The molecule has 1 unspecified atom stereocenters. The summed E-state index contributed by atoms with van der Waals surface area (Å²) < 4.78 is 17.1. The molecule has 3 aliphatic carbocycles. The van der Waals surface area contributed by atoms with E-state index in [-0.39, 0.29) is 30.2 Å². The maximum absolute atomic E-state index is 12.7. The monoisotopic (exact) mass is 458 g/mol. The van der Waals surface area contributed by atoms with E-state index in [9.17, 15) is 9.59 Å². The number of hydrogen-bond donors (Lipinski definition) is 0. The summed E-state index contributed by atoms with van der Waals surface area (Å²) in [7, 11) is 1.45. The molecule has 0 aromatic carbocycles. The number of esters is 1. The smallest absolute Gasteiger partial charge is 0.305 e. The number of ether oxygens (including phenoxy) is 3. The predicted molar refractivity (Wildman–Crippen MR) is 127 cm³/mol. The van der Waals surface area contributed by atoms with Gasteiger partial charge in [-0.15, -0.1) is 0 Å². The Kier molecular flexibility index (Phi) is 8.81. The van der Waals surface area contributed by atoms with E-state index in [1.54, 1.807) is 0 Å². The van der Waals surface area contributed by atoms with Gasteiger partial charge in [-0.3, -0.25) is 9.59 Å². The number of carbonyl (C=O) groups is 2. The highest BCUT2D eigenvalue weighted by atomic mass is 16.7. The normalized spacial score (nSPS) is 37.3. The van der Waals surface area contributed by atoms with Crippen molar-refractivity contribution >= 4 is 11.8 Å². The van der Waals surface area contributed by atoms with Crippen molar-refractivity contribution in [1.82, 2.24) is 0 Å². The van der Waals surface area contributed by atoms with Crippen molar-refractivity contribution in [3.05, 3.63) is 23.8 Å². The molecule has 5 heteroatoms. The number of carbonyl (C=O) groups excluding carboxylic acids is 2. The molecule has 0 bridgehead atoms. The van der Waals surface area contributed by atoms with Crippen LogP contribution in [0.15, 0.2) is 23.8 Å². The first-order valence-corrected chi connectivity index (χ1v) is 13.3. The molecule has 5 atom stereocenters. The van der Waals surface area contributed by atoms with Gasteiger partial charge >= 0.3 is 5.97 Å². The zero-order valence-corrected chi connectivity index (χ0v) is 20.5. The van der Waals surface area contributed by atoms with Crippen molar-refractivity contribution in [3.63, 3.8) is 0 Å². The zero-order valence-electron chi connectivity index (χ0n) is 20.5. The van der Waals surface area contributed by atoms with E-state index in [0.717, 1.165) is 70.3 Å². The molecule has 4 aliphatic rings. The maximum atomic E-state index is 12.7. The highest BCUT2D eigenvalue weighted by Crippen LogP contribution is 2.52. The molecule has 0 N–H and O–H groups in total. The molecule has 0 aromatic rings. The average Bonchev–Trinajstić information content (AvgIpc) is 3.32. The Morgan fingerprint density at radius 3 is 2.73 bits per heavy atom. The number of hydrogen-bond acceptors (Lipinski definition) is 5. The summed E-state index contributed by atoms with van der Waals surface area (Å²) >= 11 is 0. The molecule has 4 rings (SSSR count). The van der Waals surface area contributed by atoms with E-state index in [1.807, 2.05) is 6.08 Å². The number of ketones is 1. The van der Waals surface area contributed by atoms with Gasteiger partial charge in [0, 0.05) is 24.9 Å². The van der Waals surface area contributed by atoms with Crippen molar-refractivity contribution in [1.29, 1.82) is 0 Å². The first-order valence-electron chi connectivity index (χ1n) is 13.3. The summed E-state index contributed by atoms with van der Waals surface area (Å²) in [5.74, 6) is 2.60. The van der Waals surface area contributed by atoms with Crippen LogP contribution in [-0.2, 0) is 23.8 Å². The van der Waals surface area contributed by atoms with Crippen LogP contribution in [0.5, 0.6) is 0 Å². The minimum Gasteiger partial charge on any atom is -0.469 e. The highest BCUT2D eigenvalue weighted by molar-refractivity contribution is 5.92. The quantitative estimate of drug-likeness (QED) is 0.180. The molecule has 5 nitrogen and oxygen atoms in total. The van der Waals surface area contributed by atoms with Crippen molar-refractivity contribution in [2.75, 3.05) is 13.7 Å². The van der Waals surface area contributed by atoms with Crippen molar-refractivity contribution in [2.24, 2.45) is 29.6 Å². The second-order valence-corrected chi connectivity index (χ2v) is 10.7.